The predicted octanol–water partition coefficient (Wildman–Crippen LogP) is 1.77. The second-order valence-electron chi connectivity index (χ2n) is 3.88. The molecule has 96 valence electrons. The van der Waals surface area contributed by atoms with Crippen LogP contribution in [-0.4, -0.2) is 19.3 Å². The summed E-state index contributed by atoms with van der Waals surface area (Å²) < 4.78 is 31.7. The van der Waals surface area contributed by atoms with Crippen molar-refractivity contribution in [3.05, 3.63) is 35.4 Å². The Morgan fingerprint density at radius 1 is 1.41 bits per heavy atom. The van der Waals surface area contributed by atoms with E-state index in [1.54, 1.807) is 0 Å². The maximum Gasteiger partial charge on any atom is 0.126 e. The van der Waals surface area contributed by atoms with E-state index in [1.165, 1.54) is 6.07 Å². The van der Waals surface area contributed by atoms with E-state index in [0.29, 0.717) is 25.2 Å². The van der Waals surface area contributed by atoms with Crippen molar-refractivity contribution in [2.75, 3.05) is 13.2 Å². The molecule has 3 nitrogen and oxygen atoms in total. The largest absolute Gasteiger partial charge is 0.380 e. The van der Waals surface area contributed by atoms with Gasteiger partial charge in [0.2, 0.25) is 0 Å². The molecule has 1 unspecified atom stereocenters. The minimum atomic E-state index is -0.452. The molecule has 1 rings (SSSR count). The summed E-state index contributed by atoms with van der Waals surface area (Å²) in [5.41, 5.74) is 2.84. The molecule has 1 aromatic rings. The highest BCUT2D eigenvalue weighted by molar-refractivity contribution is 5.19. The van der Waals surface area contributed by atoms with Gasteiger partial charge in [-0.2, -0.15) is 0 Å². The maximum absolute atomic E-state index is 13.4. The number of nitrogens with two attached hydrogens (primary N) is 1. The Hall–Kier alpha value is -1.04. The smallest absolute Gasteiger partial charge is 0.126 e. The number of hydrogen-bond acceptors (Lipinski definition) is 3. The fourth-order valence-corrected chi connectivity index (χ4v) is 1.50. The van der Waals surface area contributed by atoms with Gasteiger partial charge in [-0.3, -0.25) is 11.3 Å². The van der Waals surface area contributed by atoms with Crippen LogP contribution in [0.3, 0.4) is 0 Å². The Morgan fingerprint density at radius 3 is 2.82 bits per heavy atom. The first-order chi connectivity index (χ1) is 8.17. The zero-order chi connectivity index (χ0) is 12.7. The molecule has 1 aromatic carbocycles. The molecule has 0 saturated heterocycles. The predicted molar refractivity (Wildman–Crippen MR) is 62.3 cm³/mol. The van der Waals surface area contributed by atoms with Crippen LogP contribution in [0, 0.1) is 11.6 Å². The van der Waals surface area contributed by atoms with Crippen LogP contribution < -0.4 is 11.3 Å². The van der Waals surface area contributed by atoms with Crippen LogP contribution >= 0.6 is 0 Å². The number of hydrogen-bond donors (Lipinski definition) is 2. The van der Waals surface area contributed by atoms with Gasteiger partial charge in [0, 0.05) is 12.6 Å². The van der Waals surface area contributed by atoms with E-state index >= 15 is 0 Å². The van der Waals surface area contributed by atoms with Crippen LogP contribution in [0.4, 0.5) is 8.78 Å². The van der Waals surface area contributed by atoms with Crippen molar-refractivity contribution < 1.29 is 13.5 Å². The molecule has 0 amide bonds. The molecule has 0 aromatic heterocycles. The third kappa shape index (κ3) is 4.77. The summed E-state index contributed by atoms with van der Waals surface area (Å²) in [7, 11) is 0. The first-order valence-electron chi connectivity index (χ1n) is 5.65. The lowest BCUT2D eigenvalue weighted by molar-refractivity contribution is 0.111. The standard InChI is InChI=1S/C12H18F2N2O/c1-2-5-17-8-11(16-15)7-9-6-10(13)3-4-12(9)14/h3-4,6,11,16H,2,5,7-8,15H2,1H3. The molecule has 0 fully saturated rings. The van der Waals surface area contributed by atoms with E-state index in [4.69, 9.17) is 10.6 Å². The Balaban J connectivity index is 2.57. The highest BCUT2D eigenvalue weighted by atomic mass is 19.1. The van der Waals surface area contributed by atoms with Gasteiger partial charge in [-0.05, 0) is 36.6 Å². The van der Waals surface area contributed by atoms with Crippen molar-refractivity contribution in [1.82, 2.24) is 5.43 Å². The number of halogens is 2. The van der Waals surface area contributed by atoms with Crippen molar-refractivity contribution in [2.24, 2.45) is 5.84 Å². The third-order valence-corrected chi connectivity index (χ3v) is 2.38. The van der Waals surface area contributed by atoms with Gasteiger partial charge in [-0.25, -0.2) is 8.78 Å². The summed E-state index contributed by atoms with van der Waals surface area (Å²) in [6.45, 7) is 3.00. The highest BCUT2D eigenvalue weighted by Crippen LogP contribution is 2.12. The normalized spacial score (nSPS) is 12.7. The third-order valence-electron chi connectivity index (χ3n) is 2.38. The van der Waals surface area contributed by atoms with Crippen molar-refractivity contribution in [3.8, 4) is 0 Å². The topological polar surface area (TPSA) is 47.3 Å². The average Bonchev–Trinajstić information content (AvgIpc) is 2.32. The fourth-order valence-electron chi connectivity index (χ4n) is 1.50. The summed E-state index contributed by atoms with van der Waals surface area (Å²) >= 11 is 0. The zero-order valence-corrected chi connectivity index (χ0v) is 9.88. The van der Waals surface area contributed by atoms with Gasteiger partial charge in [0.15, 0.2) is 0 Å². The van der Waals surface area contributed by atoms with Crippen LogP contribution in [0.15, 0.2) is 18.2 Å². The number of rotatable bonds is 7. The van der Waals surface area contributed by atoms with Gasteiger partial charge < -0.3 is 4.74 Å². The van der Waals surface area contributed by atoms with Crippen LogP contribution in [0.1, 0.15) is 18.9 Å². The molecule has 0 saturated carbocycles. The Kier molecular flexibility index (Phi) is 6.04. The summed E-state index contributed by atoms with van der Waals surface area (Å²) in [5, 5.41) is 0. The fraction of sp³-hybridized carbons (Fsp3) is 0.500. The molecule has 0 radical (unpaired) electrons. The van der Waals surface area contributed by atoms with Gasteiger partial charge in [-0.1, -0.05) is 6.92 Å². The van der Waals surface area contributed by atoms with E-state index < -0.39 is 11.6 Å². The summed E-state index contributed by atoms with van der Waals surface area (Å²) in [6, 6.07) is 3.17. The number of benzene rings is 1. The van der Waals surface area contributed by atoms with Crippen molar-refractivity contribution in [2.45, 2.75) is 25.8 Å². The van der Waals surface area contributed by atoms with Gasteiger partial charge in [0.1, 0.15) is 11.6 Å². The quantitative estimate of drug-likeness (QED) is 0.436. The molecule has 5 heteroatoms. The van der Waals surface area contributed by atoms with Gasteiger partial charge in [0.25, 0.3) is 0 Å². The van der Waals surface area contributed by atoms with Crippen LogP contribution in [0.2, 0.25) is 0 Å². The number of nitrogens with one attached hydrogen (secondary N) is 1. The summed E-state index contributed by atoms with van der Waals surface area (Å²) in [6.07, 6.45) is 1.20. The summed E-state index contributed by atoms with van der Waals surface area (Å²) in [5.74, 6) is 4.46. The van der Waals surface area contributed by atoms with E-state index in [0.717, 1.165) is 18.6 Å². The lowest BCUT2D eigenvalue weighted by atomic mass is 10.1. The Bertz CT molecular complexity index is 347. The van der Waals surface area contributed by atoms with Gasteiger partial charge in [0.05, 0.1) is 6.61 Å². The molecule has 0 aliphatic rings. The second kappa shape index (κ2) is 7.32. The molecule has 3 N–H and O–H groups in total. The van der Waals surface area contributed by atoms with Gasteiger partial charge in [-0.15, -0.1) is 0 Å². The first-order valence-corrected chi connectivity index (χ1v) is 5.65. The lowest BCUT2D eigenvalue weighted by Gasteiger charge is -2.16. The second-order valence-corrected chi connectivity index (χ2v) is 3.88. The van der Waals surface area contributed by atoms with Gasteiger partial charge >= 0.3 is 0 Å². The molecule has 17 heavy (non-hydrogen) atoms. The van der Waals surface area contributed by atoms with E-state index in [-0.39, 0.29) is 6.04 Å². The number of hydrazine groups is 1. The van der Waals surface area contributed by atoms with Crippen molar-refractivity contribution in [1.29, 1.82) is 0 Å². The molecule has 0 heterocycles. The van der Waals surface area contributed by atoms with E-state index in [2.05, 4.69) is 5.43 Å². The Morgan fingerprint density at radius 2 is 2.18 bits per heavy atom. The SMILES string of the molecule is CCCOCC(Cc1cc(F)ccc1F)NN. The molecular formula is C12H18F2N2O. The lowest BCUT2D eigenvalue weighted by Crippen LogP contribution is -2.40. The zero-order valence-electron chi connectivity index (χ0n) is 9.88. The maximum atomic E-state index is 13.4. The van der Waals surface area contributed by atoms with Crippen LogP contribution in [0.25, 0.3) is 0 Å². The minimum Gasteiger partial charge on any atom is -0.380 e. The van der Waals surface area contributed by atoms with E-state index in [1.807, 2.05) is 6.92 Å². The van der Waals surface area contributed by atoms with Crippen LogP contribution in [-0.2, 0) is 11.2 Å². The molecule has 0 spiro atoms. The van der Waals surface area contributed by atoms with Crippen molar-refractivity contribution in [3.63, 3.8) is 0 Å². The van der Waals surface area contributed by atoms with Crippen LogP contribution in [0.5, 0.6) is 0 Å². The number of ether oxygens (including phenoxy) is 1. The molecule has 0 aliphatic heterocycles. The molecule has 0 aliphatic carbocycles. The Labute approximate surface area is 99.9 Å². The minimum absolute atomic E-state index is 0.224. The first kappa shape index (κ1) is 14.0. The highest BCUT2D eigenvalue weighted by Gasteiger charge is 2.12. The summed E-state index contributed by atoms with van der Waals surface area (Å²) in [4.78, 5) is 0. The molecule has 1 atom stereocenters. The monoisotopic (exact) mass is 244 g/mol. The average molecular weight is 244 g/mol. The molecular weight excluding hydrogens is 226 g/mol. The van der Waals surface area contributed by atoms with E-state index in [9.17, 15) is 8.78 Å². The molecule has 0 bridgehead atoms. The van der Waals surface area contributed by atoms with Crippen molar-refractivity contribution >= 4 is 0 Å².